The molecule has 0 aromatic heterocycles. The van der Waals surface area contributed by atoms with Crippen LogP contribution in [0.15, 0.2) is 12.1 Å². The summed E-state index contributed by atoms with van der Waals surface area (Å²) in [6.45, 7) is 3.88. The Morgan fingerprint density at radius 2 is 1.75 bits per heavy atom. The highest BCUT2D eigenvalue weighted by atomic mass is 16.1. The van der Waals surface area contributed by atoms with E-state index in [0.29, 0.717) is 0 Å². The Hall–Kier alpha value is -1.31. The fourth-order valence-corrected chi connectivity index (χ4v) is 1.30. The summed E-state index contributed by atoms with van der Waals surface area (Å²) in [5.41, 5.74) is 3.90. The first-order valence-corrected chi connectivity index (χ1v) is 3.93. The topological polar surface area (TPSA) is 29.1 Å². The second kappa shape index (κ2) is 3.39. The summed E-state index contributed by atoms with van der Waals surface area (Å²) < 4.78 is 0. The molecule has 1 aromatic carbocycles. The van der Waals surface area contributed by atoms with Crippen LogP contribution in [0.1, 0.15) is 21.5 Å². The Morgan fingerprint density at radius 1 is 1.25 bits per heavy atom. The Labute approximate surface area is 72.6 Å². The molecule has 0 aliphatic heterocycles. The first-order valence-electron chi connectivity index (χ1n) is 3.93. The van der Waals surface area contributed by atoms with Crippen LogP contribution in [0.25, 0.3) is 0 Å². The zero-order valence-electron chi connectivity index (χ0n) is 7.64. The molecule has 1 rings (SSSR count). The van der Waals surface area contributed by atoms with E-state index in [2.05, 4.69) is 5.32 Å². The number of hydrogen-bond donors (Lipinski definition) is 1. The molecular weight excluding hydrogens is 150 g/mol. The minimum atomic E-state index is 0.800. The molecule has 0 spiro atoms. The van der Waals surface area contributed by atoms with E-state index < -0.39 is 0 Å². The third-order valence-corrected chi connectivity index (χ3v) is 2.00. The number of anilines is 1. The molecule has 0 aliphatic carbocycles. The molecule has 0 heterocycles. The maximum atomic E-state index is 10.6. The van der Waals surface area contributed by atoms with E-state index in [0.717, 1.165) is 28.7 Å². The van der Waals surface area contributed by atoms with Crippen LogP contribution in [-0.4, -0.2) is 13.3 Å². The van der Waals surface area contributed by atoms with Gasteiger partial charge in [0.25, 0.3) is 0 Å². The minimum absolute atomic E-state index is 0.800. The lowest BCUT2D eigenvalue weighted by Gasteiger charge is -2.06. The number of carbonyl (C=O) groups excluding carboxylic acids is 1. The highest BCUT2D eigenvalue weighted by Crippen LogP contribution is 2.17. The Morgan fingerprint density at radius 3 is 2.08 bits per heavy atom. The maximum absolute atomic E-state index is 10.6. The number of benzene rings is 1. The van der Waals surface area contributed by atoms with E-state index in [9.17, 15) is 4.79 Å². The van der Waals surface area contributed by atoms with E-state index in [-0.39, 0.29) is 0 Å². The summed E-state index contributed by atoms with van der Waals surface area (Å²) in [7, 11) is 1.87. The first-order chi connectivity index (χ1) is 5.69. The van der Waals surface area contributed by atoms with Gasteiger partial charge in [-0.2, -0.15) is 0 Å². The summed E-state index contributed by atoms with van der Waals surface area (Å²) in [5, 5.41) is 3.04. The summed E-state index contributed by atoms with van der Waals surface area (Å²) in [5.74, 6) is 0. The highest BCUT2D eigenvalue weighted by molar-refractivity contribution is 5.80. The molecule has 0 atom stereocenters. The van der Waals surface area contributed by atoms with Crippen LogP contribution in [0.5, 0.6) is 0 Å². The largest absolute Gasteiger partial charge is 0.388 e. The van der Waals surface area contributed by atoms with Gasteiger partial charge in [-0.25, -0.2) is 0 Å². The second-order valence-corrected chi connectivity index (χ2v) is 2.89. The lowest BCUT2D eigenvalue weighted by Crippen LogP contribution is -1.95. The SMILES string of the molecule is CNc1cc(C)c(C=O)c(C)c1. The summed E-state index contributed by atoms with van der Waals surface area (Å²) >= 11 is 0. The average molecular weight is 163 g/mol. The van der Waals surface area contributed by atoms with E-state index in [4.69, 9.17) is 0 Å². The molecule has 0 bridgehead atoms. The van der Waals surface area contributed by atoms with Crippen LogP contribution in [0, 0.1) is 13.8 Å². The minimum Gasteiger partial charge on any atom is -0.388 e. The van der Waals surface area contributed by atoms with Gasteiger partial charge in [0.2, 0.25) is 0 Å². The van der Waals surface area contributed by atoms with Crippen LogP contribution in [0.3, 0.4) is 0 Å². The van der Waals surface area contributed by atoms with Gasteiger partial charge >= 0.3 is 0 Å². The Bertz CT molecular complexity index is 282. The Balaban J connectivity index is 3.27. The number of carbonyl (C=O) groups is 1. The van der Waals surface area contributed by atoms with Crippen molar-refractivity contribution >= 4 is 12.0 Å². The molecule has 0 amide bonds. The molecule has 0 fully saturated rings. The molecule has 0 aliphatic rings. The zero-order valence-corrected chi connectivity index (χ0v) is 7.64. The van der Waals surface area contributed by atoms with Crippen molar-refractivity contribution < 1.29 is 4.79 Å². The van der Waals surface area contributed by atoms with Crippen molar-refractivity contribution in [2.24, 2.45) is 0 Å². The van der Waals surface area contributed by atoms with Crippen molar-refractivity contribution in [2.75, 3.05) is 12.4 Å². The van der Waals surface area contributed by atoms with Crippen LogP contribution >= 0.6 is 0 Å². The van der Waals surface area contributed by atoms with E-state index in [1.807, 2.05) is 33.0 Å². The third kappa shape index (κ3) is 1.47. The summed E-state index contributed by atoms with van der Waals surface area (Å²) in [6, 6.07) is 3.94. The summed E-state index contributed by atoms with van der Waals surface area (Å²) in [6.07, 6.45) is 0.907. The van der Waals surface area contributed by atoms with Gasteiger partial charge in [0, 0.05) is 18.3 Å². The van der Waals surface area contributed by atoms with Crippen molar-refractivity contribution in [1.29, 1.82) is 0 Å². The quantitative estimate of drug-likeness (QED) is 0.677. The van der Waals surface area contributed by atoms with E-state index in [1.54, 1.807) is 0 Å². The molecule has 1 aromatic rings. The maximum Gasteiger partial charge on any atom is 0.150 e. The van der Waals surface area contributed by atoms with Gasteiger partial charge in [-0.1, -0.05) is 0 Å². The van der Waals surface area contributed by atoms with E-state index >= 15 is 0 Å². The molecule has 64 valence electrons. The highest BCUT2D eigenvalue weighted by Gasteiger charge is 2.02. The molecule has 1 N–H and O–H groups in total. The van der Waals surface area contributed by atoms with Crippen LogP contribution in [0.4, 0.5) is 5.69 Å². The molecule has 2 nitrogen and oxygen atoms in total. The fourth-order valence-electron chi connectivity index (χ4n) is 1.30. The van der Waals surface area contributed by atoms with Crippen molar-refractivity contribution in [3.63, 3.8) is 0 Å². The van der Waals surface area contributed by atoms with Crippen molar-refractivity contribution in [2.45, 2.75) is 13.8 Å². The van der Waals surface area contributed by atoms with Crippen molar-refractivity contribution in [3.05, 3.63) is 28.8 Å². The van der Waals surface area contributed by atoms with Gasteiger partial charge < -0.3 is 5.32 Å². The van der Waals surface area contributed by atoms with Gasteiger partial charge in [0.15, 0.2) is 6.29 Å². The molecular formula is C10H13NO. The molecule has 0 unspecified atom stereocenters. The van der Waals surface area contributed by atoms with Gasteiger partial charge in [0.1, 0.15) is 0 Å². The van der Waals surface area contributed by atoms with Crippen LogP contribution in [-0.2, 0) is 0 Å². The lowest BCUT2D eigenvalue weighted by molar-refractivity contribution is 0.112. The molecule has 0 saturated carbocycles. The molecule has 12 heavy (non-hydrogen) atoms. The van der Waals surface area contributed by atoms with Crippen molar-refractivity contribution in [3.8, 4) is 0 Å². The number of aryl methyl sites for hydroxylation is 2. The lowest BCUT2D eigenvalue weighted by atomic mass is 10.0. The molecule has 0 radical (unpaired) electrons. The fraction of sp³-hybridized carbons (Fsp3) is 0.300. The van der Waals surface area contributed by atoms with Crippen LogP contribution < -0.4 is 5.32 Å². The smallest absolute Gasteiger partial charge is 0.150 e. The number of nitrogens with one attached hydrogen (secondary N) is 1. The van der Waals surface area contributed by atoms with E-state index in [1.165, 1.54) is 0 Å². The first kappa shape index (κ1) is 8.78. The zero-order chi connectivity index (χ0) is 9.14. The predicted octanol–water partition coefficient (Wildman–Crippen LogP) is 2.16. The molecule has 0 saturated heterocycles. The van der Waals surface area contributed by atoms with Gasteiger partial charge in [0.05, 0.1) is 0 Å². The number of rotatable bonds is 2. The van der Waals surface area contributed by atoms with Crippen molar-refractivity contribution in [1.82, 2.24) is 0 Å². The molecule has 2 heteroatoms. The third-order valence-electron chi connectivity index (χ3n) is 2.00. The number of hydrogen-bond acceptors (Lipinski definition) is 2. The normalized spacial score (nSPS) is 9.58. The number of aldehydes is 1. The van der Waals surface area contributed by atoms with Crippen LogP contribution in [0.2, 0.25) is 0 Å². The monoisotopic (exact) mass is 163 g/mol. The standard InChI is InChI=1S/C10H13NO/c1-7-4-9(11-3)5-8(2)10(7)6-12/h4-6,11H,1-3H3. The van der Waals surface area contributed by atoms with Gasteiger partial charge in [-0.05, 0) is 37.1 Å². The average Bonchev–Trinajstić information content (AvgIpc) is 2.03. The second-order valence-electron chi connectivity index (χ2n) is 2.89. The van der Waals surface area contributed by atoms with Gasteiger partial charge in [-0.15, -0.1) is 0 Å². The predicted molar refractivity (Wildman–Crippen MR) is 50.9 cm³/mol. The van der Waals surface area contributed by atoms with Gasteiger partial charge in [-0.3, -0.25) is 4.79 Å². The summed E-state index contributed by atoms with van der Waals surface area (Å²) in [4.78, 5) is 10.6. The Kier molecular flexibility index (Phi) is 2.48.